The number of nitrogens with one attached hydrogen (secondary N) is 1. The van der Waals surface area contributed by atoms with E-state index in [-0.39, 0.29) is 11.6 Å². The van der Waals surface area contributed by atoms with E-state index in [2.05, 4.69) is 5.32 Å². The van der Waals surface area contributed by atoms with E-state index in [1.54, 1.807) is 6.07 Å². The fourth-order valence-electron chi connectivity index (χ4n) is 2.33. The van der Waals surface area contributed by atoms with Crippen LogP contribution in [0.15, 0.2) is 42.5 Å². The lowest BCUT2D eigenvalue weighted by atomic mass is 10.1. The number of nitro groups is 1. The molecule has 2 aromatic rings. The molecule has 6 nitrogen and oxygen atoms in total. The van der Waals surface area contributed by atoms with Crippen molar-refractivity contribution in [2.75, 3.05) is 5.32 Å². The van der Waals surface area contributed by atoms with Crippen LogP contribution < -0.4 is 10.1 Å². The van der Waals surface area contributed by atoms with Crippen molar-refractivity contribution in [1.82, 2.24) is 0 Å². The molecule has 0 radical (unpaired) electrons. The zero-order chi connectivity index (χ0) is 17.7. The Morgan fingerprint density at radius 1 is 1.25 bits per heavy atom. The first kappa shape index (κ1) is 17.5. The largest absolute Gasteiger partial charge is 0.480 e. The van der Waals surface area contributed by atoms with Crippen LogP contribution in [0.1, 0.15) is 24.5 Å². The molecule has 0 unspecified atom stereocenters. The molecule has 0 bridgehead atoms. The summed E-state index contributed by atoms with van der Waals surface area (Å²) < 4.78 is 5.82. The third-order valence-electron chi connectivity index (χ3n) is 3.59. The van der Waals surface area contributed by atoms with Crippen LogP contribution in [-0.2, 0) is 4.79 Å². The second-order valence-electron chi connectivity index (χ2n) is 5.58. The molecule has 0 aromatic heterocycles. The van der Waals surface area contributed by atoms with Gasteiger partial charge in [-0.15, -0.1) is 0 Å². The Kier molecular flexibility index (Phi) is 5.52. The number of carbonyl (C=O) groups excluding carboxylic acids is 1. The number of aryl methyl sites for hydroxylation is 2. The molecule has 0 aliphatic heterocycles. The maximum Gasteiger partial charge on any atom is 0.271 e. The predicted octanol–water partition coefficient (Wildman–Crippen LogP) is 4.01. The number of rotatable bonds is 6. The molecule has 126 valence electrons. The second-order valence-corrected chi connectivity index (χ2v) is 5.58. The van der Waals surface area contributed by atoms with Crippen LogP contribution in [0.2, 0.25) is 0 Å². The fourth-order valence-corrected chi connectivity index (χ4v) is 2.33. The summed E-state index contributed by atoms with van der Waals surface area (Å²) in [6.45, 7) is 5.76. The lowest BCUT2D eigenvalue weighted by Crippen LogP contribution is -2.32. The first-order chi connectivity index (χ1) is 11.4. The number of hydrogen-bond donors (Lipinski definition) is 1. The van der Waals surface area contributed by atoms with Crippen LogP contribution in [0.5, 0.6) is 5.75 Å². The zero-order valence-electron chi connectivity index (χ0n) is 13.9. The molecule has 2 rings (SSSR count). The van der Waals surface area contributed by atoms with Crippen molar-refractivity contribution in [3.63, 3.8) is 0 Å². The zero-order valence-corrected chi connectivity index (χ0v) is 13.9. The molecule has 1 atom stereocenters. The van der Waals surface area contributed by atoms with Crippen molar-refractivity contribution in [2.45, 2.75) is 33.3 Å². The predicted molar refractivity (Wildman–Crippen MR) is 92.3 cm³/mol. The maximum atomic E-state index is 12.4. The third kappa shape index (κ3) is 4.32. The van der Waals surface area contributed by atoms with E-state index in [0.29, 0.717) is 17.9 Å². The van der Waals surface area contributed by atoms with Gasteiger partial charge in [0, 0.05) is 17.8 Å². The number of hydrogen-bond acceptors (Lipinski definition) is 4. The van der Waals surface area contributed by atoms with Gasteiger partial charge in [-0.25, -0.2) is 0 Å². The molecule has 1 amide bonds. The quantitative estimate of drug-likeness (QED) is 0.641. The standard InChI is InChI=1S/C18H20N2O4/c1-4-16(24-17-9-8-12(2)10-13(17)3)18(21)19-14-6-5-7-15(11-14)20(22)23/h5-11,16H,4H2,1-3H3,(H,19,21)/t16-/m0/s1. The lowest BCUT2D eigenvalue weighted by molar-refractivity contribution is -0.384. The number of nitrogens with zero attached hydrogens (tertiary/aromatic N) is 1. The SMILES string of the molecule is CC[C@H](Oc1ccc(C)cc1C)C(=O)Nc1cccc([N+](=O)[O-])c1. The number of nitro benzene ring substituents is 1. The highest BCUT2D eigenvalue weighted by atomic mass is 16.6. The van der Waals surface area contributed by atoms with Gasteiger partial charge in [0.1, 0.15) is 5.75 Å². The minimum absolute atomic E-state index is 0.0730. The Hall–Kier alpha value is -2.89. The Labute approximate surface area is 140 Å². The summed E-state index contributed by atoms with van der Waals surface area (Å²) in [4.78, 5) is 22.7. The molecule has 0 spiro atoms. The molecule has 24 heavy (non-hydrogen) atoms. The molecule has 0 saturated carbocycles. The Morgan fingerprint density at radius 3 is 2.62 bits per heavy atom. The van der Waals surface area contributed by atoms with Crippen LogP contribution in [0.25, 0.3) is 0 Å². The third-order valence-corrected chi connectivity index (χ3v) is 3.59. The maximum absolute atomic E-state index is 12.4. The highest BCUT2D eigenvalue weighted by Gasteiger charge is 2.20. The summed E-state index contributed by atoms with van der Waals surface area (Å²) in [5.74, 6) is 0.319. The summed E-state index contributed by atoms with van der Waals surface area (Å²) in [6.07, 6.45) is -0.195. The van der Waals surface area contributed by atoms with Gasteiger partial charge in [-0.1, -0.05) is 30.7 Å². The first-order valence-electron chi connectivity index (χ1n) is 7.70. The van der Waals surface area contributed by atoms with Gasteiger partial charge >= 0.3 is 0 Å². The van der Waals surface area contributed by atoms with Crippen molar-refractivity contribution in [3.8, 4) is 5.75 Å². The molecule has 0 aliphatic rings. The van der Waals surface area contributed by atoms with E-state index in [0.717, 1.165) is 11.1 Å². The molecule has 0 heterocycles. The molecular formula is C18H20N2O4. The van der Waals surface area contributed by atoms with E-state index in [9.17, 15) is 14.9 Å². The van der Waals surface area contributed by atoms with Crippen LogP contribution in [0, 0.1) is 24.0 Å². The summed E-state index contributed by atoms with van der Waals surface area (Å²) in [5, 5.41) is 13.5. The fraction of sp³-hybridized carbons (Fsp3) is 0.278. The van der Waals surface area contributed by atoms with Gasteiger partial charge in [0.15, 0.2) is 6.10 Å². The van der Waals surface area contributed by atoms with Crippen molar-refractivity contribution < 1.29 is 14.5 Å². The van der Waals surface area contributed by atoms with E-state index >= 15 is 0 Å². The van der Waals surface area contributed by atoms with Crippen molar-refractivity contribution in [1.29, 1.82) is 0 Å². The monoisotopic (exact) mass is 328 g/mol. The van der Waals surface area contributed by atoms with Gasteiger partial charge in [0.05, 0.1) is 4.92 Å². The molecule has 1 N–H and O–H groups in total. The molecule has 2 aromatic carbocycles. The minimum Gasteiger partial charge on any atom is -0.480 e. The summed E-state index contributed by atoms with van der Waals surface area (Å²) in [6, 6.07) is 11.6. The van der Waals surface area contributed by atoms with Gasteiger partial charge in [0.25, 0.3) is 11.6 Å². The smallest absolute Gasteiger partial charge is 0.271 e. The van der Waals surface area contributed by atoms with Crippen molar-refractivity contribution >= 4 is 17.3 Å². The number of amides is 1. The summed E-state index contributed by atoms with van der Waals surface area (Å²) in [7, 11) is 0. The highest BCUT2D eigenvalue weighted by molar-refractivity contribution is 5.94. The summed E-state index contributed by atoms with van der Waals surface area (Å²) in [5.41, 5.74) is 2.37. The number of carbonyl (C=O) groups is 1. The number of benzene rings is 2. The average Bonchev–Trinajstić information content (AvgIpc) is 2.54. The van der Waals surface area contributed by atoms with Gasteiger partial charge in [-0.05, 0) is 38.0 Å². The lowest BCUT2D eigenvalue weighted by Gasteiger charge is -2.19. The van der Waals surface area contributed by atoms with Gasteiger partial charge in [-0.3, -0.25) is 14.9 Å². The van der Waals surface area contributed by atoms with Gasteiger partial charge in [0.2, 0.25) is 0 Å². The number of non-ortho nitro benzene ring substituents is 1. The Balaban J connectivity index is 2.11. The Bertz CT molecular complexity index is 758. The van der Waals surface area contributed by atoms with Crippen LogP contribution in [-0.4, -0.2) is 16.9 Å². The second kappa shape index (κ2) is 7.59. The molecule has 0 aliphatic carbocycles. The van der Waals surface area contributed by atoms with E-state index in [4.69, 9.17) is 4.74 Å². The van der Waals surface area contributed by atoms with Crippen molar-refractivity contribution in [3.05, 3.63) is 63.7 Å². The number of ether oxygens (including phenoxy) is 1. The van der Waals surface area contributed by atoms with E-state index < -0.39 is 11.0 Å². The average molecular weight is 328 g/mol. The number of anilines is 1. The topological polar surface area (TPSA) is 81.5 Å². The van der Waals surface area contributed by atoms with Crippen LogP contribution in [0.4, 0.5) is 11.4 Å². The normalized spacial score (nSPS) is 11.6. The van der Waals surface area contributed by atoms with E-state index in [1.165, 1.54) is 18.2 Å². The van der Waals surface area contributed by atoms with E-state index in [1.807, 2.05) is 39.0 Å². The first-order valence-corrected chi connectivity index (χ1v) is 7.70. The van der Waals surface area contributed by atoms with Gasteiger partial charge in [-0.2, -0.15) is 0 Å². The Morgan fingerprint density at radius 2 is 2.00 bits per heavy atom. The van der Waals surface area contributed by atoms with Gasteiger partial charge < -0.3 is 10.1 Å². The van der Waals surface area contributed by atoms with Crippen LogP contribution in [0.3, 0.4) is 0 Å². The van der Waals surface area contributed by atoms with Crippen molar-refractivity contribution in [2.24, 2.45) is 0 Å². The molecule has 6 heteroatoms. The van der Waals surface area contributed by atoms with Crippen LogP contribution >= 0.6 is 0 Å². The minimum atomic E-state index is -0.675. The summed E-state index contributed by atoms with van der Waals surface area (Å²) >= 11 is 0. The molecular weight excluding hydrogens is 308 g/mol. The molecule has 0 saturated heterocycles. The highest BCUT2D eigenvalue weighted by Crippen LogP contribution is 2.22. The molecule has 0 fully saturated rings.